The van der Waals surface area contributed by atoms with Gasteiger partial charge in [0.25, 0.3) is 0 Å². The number of methoxy groups -OCH3 is 2. The molecule has 0 saturated carbocycles. The Morgan fingerprint density at radius 1 is 1.38 bits per heavy atom. The maximum Gasteiger partial charge on any atom is 0.325 e. The lowest BCUT2D eigenvalue weighted by Gasteiger charge is -2.14. The predicted molar refractivity (Wildman–Crippen MR) is 55.8 cm³/mol. The minimum Gasteiger partial charge on any atom is -0.504 e. The third-order valence-electron chi connectivity index (χ3n) is 2.13. The maximum atomic E-state index is 10.7. The van der Waals surface area contributed by atoms with E-state index in [1.807, 2.05) is 0 Å². The number of benzene rings is 1. The fourth-order valence-corrected chi connectivity index (χ4v) is 1.25. The summed E-state index contributed by atoms with van der Waals surface area (Å²) >= 11 is 0. The van der Waals surface area contributed by atoms with Crippen LogP contribution in [0.2, 0.25) is 0 Å². The van der Waals surface area contributed by atoms with Gasteiger partial charge < -0.3 is 25.4 Å². The van der Waals surface area contributed by atoms with Crippen LogP contribution in [0.1, 0.15) is 11.6 Å². The van der Waals surface area contributed by atoms with E-state index in [-0.39, 0.29) is 17.1 Å². The van der Waals surface area contributed by atoms with Crippen molar-refractivity contribution in [3.05, 3.63) is 17.7 Å². The van der Waals surface area contributed by atoms with Crippen LogP contribution in [0.4, 0.5) is 0 Å². The summed E-state index contributed by atoms with van der Waals surface area (Å²) in [7, 11) is 2.77. The van der Waals surface area contributed by atoms with E-state index in [2.05, 4.69) is 0 Å². The van der Waals surface area contributed by atoms with Crippen LogP contribution in [0, 0.1) is 0 Å². The molecule has 88 valence electrons. The number of phenols is 1. The molecule has 0 aliphatic rings. The lowest BCUT2D eigenvalue weighted by Crippen LogP contribution is -2.20. The standard InChI is InChI=1S/C10H13NO5/c1-15-5-3-6(8(11)10(13)14)9(12)7(4-5)16-2/h3-4,8,12H,11H2,1-2H3,(H,13,14)/t8-/m0/s1. The van der Waals surface area contributed by atoms with E-state index in [4.69, 9.17) is 20.3 Å². The largest absolute Gasteiger partial charge is 0.504 e. The average molecular weight is 227 g/mol. The molecule has 0 radical (unpaired) electrons. The number of carboxylic acid groups (broad SMARTS) is 1. The van der Waals surface area contributed by atoms with E-state index in [9.17, 15) is 9.90 Å². The van der Waals surface area contributed by atoms with Crippen molar-refractivity contribution in [2.75, 3.05) is 14.2 Å². The topological polar surface area (TPSA) is 102 Å². The Labute approximate surface area is 92.2 Å². The molecule has 1 rings (SSSR count). The number of ether oxygens (including phenoxy) is 2. The Balaban J connectivity index is 3.31. The summed E-state index contributed by atoms with van der Waals surface area (Å²) in [6, 6.07) is 1.47. The summed E-state index contributed by atoms with van der Waals surface area (Å²) in [5, 5.41) is 18.5. The Bertz CT molecular complexity index is 404. The van der Waals surface area contributed by atoms with Gasteiger partial charge in [-0.3, -0.25) is 4.79 Å². The molecule has 0 aliphatic heterocycles. The SMILES string of the molecule is COc1cc(OC)c(O)c([C@H](N)C(=O)O)c1. The number of hydrogen-bond acceptors (Lipinski definition) is 5. The predicted octanol–water partition coefficient (Wildman–Crippen LogP) is 0.494. The van der Waals surface area contributed by atoms with Crippen molar-refractivity contribution in [1.29, 1.82) is 0 Å². The highest BCUT2D eigenvalue weighted by molar-refractivity contribution is 5.77. The smallest absolute Gasteiger partial charge is 0.325 e. The number of carboxylic acids is 1. The summed E-state index contributed by atoms with van der Waals surface area (Å²) in [6.45, 7) is 0. The molecule has 0 saturated heterocycles. The summed E-state index contributed by atoms with van der Waals surface area (Å²) < 4.78 is 9.82. The monoisotopic (exact) mass is 227 g/mol. The maximum absolute atomic E-state index is 10.7. The highest BCUT2D eigenvalue weighted by Gasteiger charge is 2.22. The highest BCUT2D eigenvalue weighted by atomic mass is 16.5. The molecule has 1 aromatic carbocycles. The molecule has 6 nitrogen and oxygen atoms in total. The van der Waals surface area contributed by atoms with E-state index >= 15 is 0 Å². The van der Waals surface area contributed by atoms with Crippen LogP contribution < -0.4 is 15.2 Å². The molecule has 0 aliphatic carbocycles. The quantitative estimate of drug-likeness (QED) is 0.692. The van der Waals surface area contributed by atoms with Crippen LogP contribution in [0.25, 0.3) is 0 Å². The zero-order valence-electron chi connectivity index (χ0n) is 8.93. The van der Waals surface area contributed by atoms with Gasteiger partial charge in [-0.2, -0.15) is 0 Å². The first-order chi connectivity index (χ1) is 7.51. The van der Waals surface area contributed by atoms with Gasteiger partial charge in [-0.25, -0.2) is 0 Å². The van der Waals surface area contributed by atoms with Gasteiger partial charge in [0.2, 0.25) is 0 Å². The molecule has 6 heteroatoms. The molecule has 0 heterocycles. The second kappa shape index (κ2) is 4.71. The minimum atomic E-state index is -1.33. The first-order valence-corrected chi connectivity index (χ1v) is 4.44. The number of hydrogen-bond donors (Lipinski definition) is 3. The van der Waals surface area contributed by atoms with Gasteiger partial charge in [0.15, 0.2) is 11.5 Å². The molecule has 0 fully saturated rings. The summed E-state index contributed by atoms with van der Waals surface area (Å²) in [5.41, 5.74) is 5.46. The van der Waals surface area contributed by atoms with Crippen molar-refractivity contribution in [2.45, 2.75) is 6.04 Å². The number of nitrogens with two attached hydrogens (primary N) is 1. The van der Waals surface area contributed by atoms with Gasteiger partial charge in [0.05, 0.1) is 14.2 Å². The molecule has 0 spiro atoms. The van der Waals surface area contributed by atoms with Crippen molar-refractivity contribution in [1.82, 2.24) is 0 Å². The van der Waals surface area contributed by atoms with Gasteiger partial charge in [-0.1, -0.05) is 0 Å². The molecule has 1 aromatic rings. The van der Waals surface area contributed by atoms with Crippen LogP contribution >= 0.6 is 0 Å². The van der Waals surface area contributed by atoms with E-state index in [0.29, 0.717) is 5.75 Å². The average Bonchev–Trinajstić information content (AvgIpc) is 2.28. The fourth-order valence-electron chi connectivity index (χ4n) is 1.25. The van der Waals surface area contributed by atoms with Crippen LogP contribution in [0.3, 0.4) is 0 Å². The third-order valence-corrected chi connectivity index (χ3v) is 2.13. The molecule has 4 N–H and O–H groups in total. The van der Waals surface area contributed by atoms with Crippen molar-refractivity contribution < 1.29 is 24.5 Å². The number of carbonyl (C=O) groups is 1. The summed E-state index contributed by atoms with van der Waals surface area (Å²) in [6.07, 6.45) is 0. The zero-order chi connectivity index (χ0) is 12.3. The Morgan fingerprint density at radius 3 is 2.44 bits per heavy atom. The van der Waals surface area contributed by atoms with Gasteiger partial charge >= 0.3 is 5.97 Å². The number of aromatic hydroxyl groups is 1. The molecular weight excluding hydrogens is 214 g/mol. The lowest BCUT2D eigenvalue weighted by molar-refractivity contribution is -0.138. The van der Waals surface area contributed by atoms with Crippen molar-refractivity contribution in [3.63, 3.8) is 0 Å². The van der Waals surface area contributed by atoms with Gasteiger partial charge in [0, 0.05) is 11.6 Å². The molecule has 1 atom stereocenters. The molecule has 0 amide bonds. The Kier molecular flexibility index (Phi) is 3.57. The van der Waals surface area contributed by atoms with E-state index in [1.165, 1.54) is 26.4 Å². The van der Waals surface area contributed by atoms with E-state index < -0.39 is 12.0 Å². The summed E-state index contributed by atoms with van der Waals surface area (Å²) in [4.78, 5) is 10.7. The Morgan fingerprint density at radius 2 is 2.00 bits per heavy atom. The first kappa shape index (κ1) is 12.1. The lowest BCUT2D eigenvalue weighted by atomic mass is 10.1. The second-order valence-electron chi connectivity index (χ2n) is 3.08. The van der Waals surface area contributed by atoms with Crippen LogP contribution in [-0.4, -0.2) is 30.4 Å². The van der Waals surface area contributed by atoms with Crippen molar-refractivity contribution >= 4 is 5.97 Å². The van der Waals surface area contributed by atoms with E-state index in [1.54, 1.807) is 0 Å². The van der Waals surface area contributed by atoms with E-state index in [0.717, 1.165) is 0 Å². The van der Waals surface area contributed by atoms with Gasteiger partial charge in [-0.15, -0.1) is 0 Å². The number of aliphatic carboxylic acids is 1. The fraction of sp³-hybridized carbons (Fsp3) is 0.300. The Hall–Kier alpha value is -1.95. The van der Waals surface area contributed by atoms with Crippen molar-refractivity contribution in [3.8, 4) is 17.2 Å². The molecule has 0 unspecified atom stereocenters. The van der Waals surface area contributed by atoms with Gasteiger partial charge in [-0.05, 0) is 6.07 Å². The molecule has 0 bridgehead atoms. The molecule has 16 heavy (non-hydrogen) atoms. The zero-order valence-corrected chi connectivity index (χ0v) is 8.93. The molecular formula is C10H13NO5. The van der Waals surface area contributed by atoms with Crippen LogP contribution in [0.5, 0.6) is 17.2 Å². The number of phenolic OH excluding ortho intramolecular Hbond substituents is 1. The highest BCUT2D eigenvalue weighted by Crippen LogP contribution is 2.37. The van der Waals surface area contributed by atoms with Crippen LogP contribution in [0.15, 0.2) is 12.1 Å². The van der Waals surface area contributed by atoms with Crippen molar-refractivity contribution in [2.24, 2.45) is 5.73 Å². The third kappa shape index (κ3) is 2.17. The van der Waals surface area contributed by atoms with Gasteiger partial charge in [0.1, 0.15) is 11.8 Å². The first-order valence-electron chi connectivity index (χ1n) is 4.44. The normalized spacial score (nSPS) is 11.9. The second-order valence-corrected chi connectivity index (χ2v) is 3.08. The minimum absolute atomic E-state index is 0.0451. The number of rotatable bonds is 4. The summed E-state index contributed by atoms with van der Waals surface area (Å²) in [5.74, 6) is -1.06. The van der Waals surface area contributed by atoms with Crippen LogP contribution in [-0.2, 0) is 4.79 Å². The molecule has 0 aromatic heterocycles.